The number of amides is 1. The molecule has 1 aromatic heterocycles. The van der Waals surface area contributed by atoms with E-state index in [0.29, 0.717) is 56.7 Å². The van der Waals surface area contributed by atoms with Gasteiger partial charge in [-0.2, -0.15) is 0 Å². The summed E-state index contributed by atoms with van der Waals surface area (Å²) in [6.45, 7) is 3.85. The van der Waals surface area contributed by atoms with Gasteiger partial charge in [0.25, 0.3) is 11.5 Å². The molecule has 0 fully saturated rings. The highest BCUT2D eigenvalue weighted by molar-refractivity contribution is 7.07. The number of methoxy groups -OCH3 is 2. The molecule has 2 aliphatic heterocycles. The molecule has 3 aromatic rings. The van der Waals surface area contributed by atoms with Gasteiger partial charge in [0.2, 0.25) is 0 Å². The van der Waals surface area contributed by atoms with Gasteiger partial charge in [-0.1, -0.05) is 36.3 Å². The molecule has 0 spiro atoms. The first-order valence-electron chi connectivity index (χ1n) is 12.4. The second-order valence-corrected chi connectivity index (χ2v) is 10.3. The van der Waals surface area contributed by atoms with E-state index in [-0.39, 0.29) is 22.3 Å². The van der Waals surface area contributed by atoms with Gasteiger partial charge in [0, 0.05) is 21.8 Å². The van der Waals surface area contributed by atoms with Crippen LogP contribution < -0.4 is 29.7 Å². The van der Waals surface area contributed by atoms with Crippen molar-refractivity contribution in [2.45, 2.75) is 32.7 Å². The number of halogens is 1. The summed E-state index contributed by atoms with van der Waals surface area (Å²) in [5.74, 6) is -0.0132. The average Bonchev–Trinajstić information content (AvgIpc) is 3.42. The maximum absolute atomic E-state index is 14.2. The molecule has 0 radical (unpaired) electrons. The van der Waals surface area contributed by atoms with Gasteiger partial charge in [-0.25, -0.2) is 9.79 Å². The van der Waals surface area contributed by atoms with Crippen LogP contribution >= 0.6 is 22.9 Å². The Bertz CT molecular complexity index is 1720. The maximum Gasteiger partial charge on any atom is 0.338 e. The normalized spacial score (nSPS) is 17.3. The van der Waals surface area contributed by atoms with E-state index < -0.39 is 23.5 Å². The average molecular weight is 568 g/mol. The van der Waals surface area contributed by atoms with Gasteiger partial charge < -0.3 is 19.5 Å². The van der Waals surface area contributed by atoms with Crippen molar-refractivity contribution in [1.82, 2.24) is 4.57 Å². The zero-order chi connectivity index (χ0) is 27.8. The number of fused-ring (bicyclic) bond motifs is 2. The predicted molar refractivity (Wildman–Crippen MR) is 148 cm³/mol. The number of nitrogens with one attached hydrogen (secondary N) is 1. The Hall–Kier alpha value is -3.89. The summed E-state index contributed by atoms with van der Waals surface area (Å²) in [5, 5.41) is 3.24. The maximum atomic E-state index is 14.2. The molecular weight excluding hydrogens is 542 g/mol. The standard InChI is InChI=1S/C28H26ClN3O6S/c1-5-7-19-22(27(35)38-6-2)23(17-13-15(36-3)9-11-20(17)37-4)32-26(34)24(39-28(32)31-19)21-16-12-14(29)8-10-18(16)30-25(21)33/h8-13,23H,5-7H2,1-4H3,(H,30,33)/b24-21+/t23-/m1/s1. The molecule has 5 rings (SSSR count). The lowest BCUT2D eigenvalue weighted by Crippen LogP contribution is -2.41. The van der Waals surface area contributed by atoms with Gasteiger partial charge >= 0.3 is 5.97 Å². The Balaban J connectivity index is 1.89. The summed E-state index contributed by atoms with van der Waals surface area (Å²) in [4.78, 5) is 45.9. The van der Waals surface area contributed by atoms with Crippen LogP contribution in [-0.4, -0.2) is 37.3 Å². The van der Waals surface area contributed by atoms with Crippen molar-refractivity contribution in [3.63, 3.8) is 0 Å². The molecule has 1 N–H and O–H groups in total. The van der Waals surface area contributed by atoms with Crippen LogP contribution in [0, 0.1) is 0 Å². The van der Waals surface area contributed by atoms with Crippen LogP contribution in [0.3, 0.4) is 0 Å². The molecule has 0 saturated heterocycles. The van der Waals surface area contributed by atoms with Crippen LogP contribution in [0.1, 0.15) is 43.9 Å². The number of hydrogen-bond donors (Lipinski definition) is 1. The van der Waals surface area contributed by atoms with Crippen LogP contribution in [0.15, 0.2) is 57.5 Å². The quantitative estimate of drug-likeness (QED) is 0.437. The Morgan fingerprint density at radius 1 is 1.13 bits per heavy atom. The number of thiazole rings is 1. The SMILES string of the molecule is CCCC1=C(C(=O)OCC)[C@@H](c2cc(OC)ccc2OC)n2c(s/c(=C3/C(=O)Nc4ccc(Cl)cc43)c2=O)=N1. The molecule has 3 heterocycles. The molecule has 1 amide bonds. The van der Waals surface area contributed by atoms with Gasteiger partial charge in [0.15, 0.2) is 4.80 Å². The summed E-state index contributed by atoms with van der Waals surface area (Å²) in [7, 11) is 3.05. The van der Waals surface area contributed by atoms with E-state index in [1.54, 1.807) is 43.3 Å². The Kier molecular flexibility index (Phi) is 7.33. The number of benzene rings is 2. The highest BCUT2D eigenvalue weighted by atomic mass is 35.5. The van der Waals surface area contributed by atoms with Crippen molar-refractivity contribution in [3.05, 3.63) is 83.5 Å². The van der Waals surface area contributed by atoms with E-state index in [1.807, 2.05) is 6.92 Å². The summed E-state index contributed by atoms with van der Waals surface area (Å²) in [6.07, 6.45) is 1.19. The van der Waals surface area contributed by atoms with E-state index in [4.69, 9.17) is 30.8 Å². The molecule has 202 valence electrons. The van der Waals surface area contributed by atoms with Crippen LogP contribution in [0.2, 0.25) is 5.02 Å². The second kappa shape index (κ2) is 10.7. The third kappa shape index (κ3) is 4.53. The Labute approximate surface area is 233 Å². The van der Waals surface area contributed by atoms with Crippen LogP contribution in [-0.2, 0) is 14.3 Å². The van der Waals surface area contributed by atoms with Crippen LogP contribution in [0.5, 0.6) is 11.5 Å². The third-order valence-electron chi connectivity index (χ3n) is 6.55. The fourth-order valence-corrected chi connectivity index (χ4v) is 6.17. The molecule has 0 bridgehead atoms. The summed E-state index contributed by atoms with van der Waals surface area (Å²) >= 11 is 7.33. The Morgan fingerprint density at radius 2 is 1.92 bits per heavy atom. The number of hydrogen-bond acceptors (Lipinski definition) is 8. The summed E-state index contributed by atoms with van der Waals surface area (Å²) in [6, 6.07) is 9.28. The third-order valence-corrected chi connectivity index (χ3v) is 7.84. The van der Waals surface area contributed by atoms with Gasteiger partial charge in [0.05, 0.1) is 37.7 Å². The van der Waals surface area contributed by atoms with Crippen molar-refractivity contribution < 1.29 is 23.8 Å². The number of esters is 1. The van der Waals surface area contributed by atoms with Crippen LogP contribution in [0.25, 0.3) is 5.57 Å². The molecule has 2 aliphatic rings. The van der Waals surface area contributed by atoms with Gasteiger partial charge in [-0.3, -0.25) is 14.2 Å². The summed E-state index contributed by atoms with van der Waals surface area (Å²) < 4.78 is 18.2. The van der Waals surface area contributed by atoms with Crippen molar-refractivity contribution >= 4 is 46.1 Å². The number of carbonyl (C=O) groups is 2. The molecule has 0 aliphatic carbocycles. The number of carbonyl (C=O) groups excluding carboxylic acids is 2. The lowest BCUT2D eigenvalue weighted by Gasteiger charge is -2.27. The molecule has 9 nitrogen and oxygen atoms in total. The first kappa shape index (κ1) is 26.7. The number of rotatable bonds is 7. The number of anilines is 1. The first-order valence-corrected chi connectivity index (χ1v) is 13.6. The minimum atomic E-state index is -0.926. The minimum absolute atomic E-state index is 0.149. The fourth-order valence-electron chi connectivity index (χ4n) is 4.88. The van der Waals surface area contributed by atoms with Gasteiger partial charge in [0.1, 0.15) is 22.1 Å². The molecule has 0 saturated carbocycles. The monoisotopic (exact) mass is 567 g/mol. The minimum Gasteiger partial charge on any atom is -0.497 e. The van der Waals surface area contributed by atoms with E-state index >= 15 is 0 Å². The smallest absolute Gasteiger partial charge is 0.338 e. The lowest BCUT2D eigenvalue weighted by atomic mass is 9.93. The van der Waals surface area contributed by atoms with Gasteiger partial charge in [-0.05, 0) is 49.7 Å². The molecular formula is C28H26ClN3O6S. The molecule has 0 unspecified atom stereocenters. The van der Waals surface area contributed by atoms with Crippen molar-refractivity contribution in [2.75, 3.05) is 26.1 Å². The van der Waals surface area contributed by atoms with E-state index in [2.05, 4.69) is 5.32 Å². The number of nitrogens with zero attached hydrogens (tertiary/aromatic N) is 2. The molecule has 39 heavy (non-hydrogen) atoms. The largest absolute Gasteiger partial charge is 0.497 e. The lowest BCUT2D eigenvalue weighted by molar-refractivity contribution is -0.139. The van der Waals surface area contributed by atoms with E-state index in [1.165, 1.54) is 18.8 Å². The fraction of sp³-hybridized carbons (Fsp3) is 0.286. The number of aromatic nitrogens is 1. The highest BCUT2D eigenvalue weighted by Gasteiger charge is 2.37. The molecule has 11 heteroatoms. The molecule has 2 aromatic carbocycles. The second-order valence-electron chi connectivity index (χ2n) is 8.86. The van der Waals surface area contributed by atoms with Crippen molar-refractivity contribution in [1.29, 1.82) is 0 Å². The predicted octanol–water partition coefficient (Wildman–Crippen LogP) is 3.57. The van der Waals surface area contributed by atoms with Crippen molar-refractivity contribution in [2.24, 2.45) is 4.99 Å². The number of allylic oxidation sites excluding steroid dienone is 1. The van der Waals surface area contributed by atoms with E-state index in [0.717, 1.165) is 11.3 Å². The summed E-state index contributed by atoms with van der Waals surface area (Å²) in [5.41, 5.74) is 2.13. The molecule has 1 atom stereocenters. The topological polar surface area (TPSA) is 108 Å². The zero-order valence-corrected chi connectivity index (χ0v) is 23.4. The van der Waals surface area contributed by atoms with Crippen molar-refractivity contribution in [3.8, 4) is 11.5 Å². The van der Waals surface area contributed by atoms with E-state index in [9.17, 15) is 14.4 Å². The Morgan fingerprint density at radius 3 is 2.62 bits per heavy atom. The van der Waals surface area contributed by atoms with Gasteiger partial charge in [-0.15, -0.1) is 0 Å². The zero-order valence-electron chi connectivity index (χ0n) is 21.8. The highest BCUT2D eigenvalue weighted by Crippen LogP contribution is 2.39. The first-order chi connectivity index (χ1) is 18.8. The van der Waals surface area contributed by atoms with Crippen LogP contribution in [0.4, 0.5) is 5.69 Å². The number of ether oxygens (including phenoxy) is 3.